The van der Waals surface area contributed by atoms with Crippen LogP contribution in [0.4, 0.5) is 0 Å². The molecule has 1 aliphatic carbocycles. The van der Waals surface area contributed by atoms with Crippen LogP contribution in [-0.2, 0) is 11.2 Å². The molecule has 1 fully saturated rings. The van der Waals surface area contributed by atoms with Gasteiger partial charge in [-0.3, -0.25) is 4.79 Å². The van der Waals surface area contributed by atoms with E-state index < -0.39 is 0 Å². The van der Waals surface area contributed by atoms with Crippen LogP contribution in [0.15, 0.2) is 11.6 Å². The molecule has 0 atom stereocenters. The van der Waals surface area contributed by atoms with Gasteiger partial charge >= 0.3 is 0 Å². The smallest absolute Gasteiger partial charge is 0.139 e. The highest BCUT2D eigenvalue weighted by Gasteiger charge is 2.18. The Morgan fingerprint density at radius 2 is 2.29 bits per heavy atom. The lowest BCUT2D eigenvalue weighted by Gasteiger charge is -2.05. The molecule has 0 saturated heterocycles. The summed E-state index contributed by atoms with van der Waals surface area (Å²) in [6.45, 7) is 0. The molecule has 14 heavy (non-hydrogen) atoms. The molecule has 1 aliphatic rings. The molecular formula is C11H15NOS. The maximum Gasteiger partial charge on any atom is 0.139 e. The molecule has 0 bridgehead atoms. The molecule has 0 amide bonds. The van der Waals surface area contributed by atoms with Crippen molar-refractivity contribution in [2.24, 2.45) is 5.92 Å². The minimum absolute atomic E-state index is 0.367. The van der Waals surface area contributed by atoms with Gasteiger partial charge in [0.1, 0.15) is 5.78 Å². The summed E-state index contributed by atoms with van der Waals surface area (Å²) in [5, 5.41) is 2.89. The number of thiazole rings is 1. The number of hydrogen-bond acceptors (Lipinski definition) is 3. The van der Waals surface area contributed by atoms with Gasteiger partial charge in [0.15, 0.2) is 0 Å². The second-order valence-electron chi connectivity index (χ2n) is 4.00. The number of carbonyl (C=O) groups is 1. The molecule has 0 aliphatic heterocycles. The molecule has 76 valence electrons. The van der Waals surface area contributed by atoms with Gasteiger partial charge in [0, 0.05) is 18.0 Å². The zero-order valence-corrected chi connectivity index (χ0v) is 9.05. The van der Waals surface area contributed by atoms with E-state index in [9.17, 15) is 4.79 Å². The Hall–Kier alpha value is -0.700. The Morgan fingerprint density at radius 1 is 1.50 bits per heavy atom. The molecule has 0 N–H and O–H groups in total. The maximum atomic E-state index is 11.6. The molecule has 2 nitrogen and oxygen atoms in total. The predicted octanol–water partition coefficient (Wildman–Crippen LogP) is 2.84. The Bertz CT molecular complexity index is 288. The fraction of sp³-hybridized carbons (Fsp3) is 0.636. The molecule has 0 radical (unpaired) electrons. The van der Waals surface area contributed by atoms with Crippen LogP contribution in [0, 0.1) is 5.92 Å². The van der Waals surface area contributed by atoms with E-state index in [4.69, 9.17) is 0 Å². The first-order valence-corrected chi connectivity index (χ1v) is 6.12. The average molecular weight is 209 g/mol. The predicted molar refractivity (Wildman–Crippen MR) is 57.4 cm³/mol. The highest BCUT2D eigenvalue weighted by atomic mass is 32.1. The van der Waals surface area contributed by atoms with Gasteiger partial charge in [0.2, 0.25) is 0 Å². The highest BCUT2D eigenvalue weighted by molar-refractivity contribution is 7.09. The minimum atomic E-state index is 0.367. The molecular weight excluding hydrogens is 194 g/mol. The summed E-state index contributed by atoms with van der Waals surface area (Å²) >= 11 is 1.58. The molecule has 1 heterocycles. The van der Waals surface area contributed by atoms with Gasteiger partial charge in [-0.15, -0.1) is 11.3 Å². The standard InChI is InChI=1S/C11H15NOS/c13-10(7-9-3-1-2-4-9)8-11-12-5-6-14-11/h5-6,9H,1-4,7-8H2. The summed E-state index contributed by atoms with van der Waals surface area (Å²) in [6.07, 6.45) is 8.23. The molecule has 0 aromatic carbocycles. The molecule has 0 spiro atoms. The van der Waals surface area contributed by atoms with E-state index in [-0.39, 0.29) is 0 Å². The maximum absolute atomic E-state index is 11.6. The second-order valence-corrected chi connectivity index (χ2v) is 4.98. The Morgan fingerprint density at radius 3 is 2.93 bits per heavy atom. The number of hydrogen-bond donors (Lipinski definition) is 0. The van der Waals surface area contributed by atoms with Gasteiger partial charge in [-0.2, -0.15) is 0 Å². The zero-order valence-electron chi connectivity index (χ0n) is 8.24. The van der Waals surface area contributed by atoms with Crippen LogP contribution in [0.5, 0.6) is 0 Å². The van der Waals surface area contributed by atoms with E-state index in [0.29, 0.717) is 18.1 Å². The van der Waals surface area contributed by atoms with Crippen molar-refractivity contribution >= 4 is 17.1 Å². The van der Waals surface area contributed by atoms with Crippen molar-refractivity contribution in [1.29, 1.82) is 0 Å². The number of rotatable bonds is 4. The van der Waals surface area contributed by atoms with Crippen molar-refractivity contribution in [1.82, 2.24) is 4.98 Å². The van der Waals surface area contributed by atoms with Gasteiger partial charge in [0.25, 0.3) is 0 Å². The topological polar surface area (TPSA) is 30.0 Å². The third-order valence-electron chi connectivity index (χ3n) is 2.82. The summed E-state index contributed by atoms with van der Waals surface area (Å²) in [7, 11) is 0. The van der Waals surface area contributed by atoms with Crippen LogP contribution in [-0.4, -0.2) is 10.8 Å². The lowest BCUT2D eigenvalue weighted by atomic mass is 10.00. The van der Waals surface area contributed by atoms with Crippen molar-refractivity contribution in [3.8, 4) is 0 Å². The van der Waals surface area contributed by atoms with Crippen LogP contribution in [0.25, 0.3) is 0 Å². The van der Waals surface area contributed by atoms with Crippen LogP contribution < -0.4 is 0 Å². The summed E-state index contributed by atoms with van der Waals surface area (Å²) < 4.78 is 0. The number of aromatic nitrogens is 1. The lowest BCUT2D eigenvalue weighted by molar-refractivity contribution is -0.119. The van der Waals surface area contributed by atoms with E-state index in [1.807, 2.05) is 5.38 Å². The summed E-state index contributed by atoms with van der Waals surface area (Å²) in [6, 6.07) is 0. The quantitative estimate of drug-likeness (QED) is 0.763. The highest BCUT2D eigenvalue weighted by Crippen LogP contribution is 2.28. The molecule has 1 aromatic heterocycles. The minimum Gasteiger partial charge on any atom is -0.299 e. The second kappa shape index (κ2) is 4.69. The van der Waals surface area contributed by atoms with Gasteiger partial charge in [-0.25, -0.2) is 4.98 Å². The van der Waals surface area contributed by atoms with Gasteiger partial charge in [0.05, 0.1) is 11.4 Å². The number of Topliss-reactive ketones (excluding diaryl/α,β-unsaturated/α-hetero) is 1. The fourth-order valence-electron chi connectivity index (χ4n) is 2.12. The van der Waals surface area contributed by atoms with Crippen LogP contribution >= 0.6 is 11.3 Å². The summed E-state index contributed by atoms with van der Waals surface area (Å²) in [5.74, 6) is 1.04. The Labute approximate surface area is 88.4 Å². The monoisotopic (exact) mass is 209 g/mol. The van der Waals surface area contributed by atoms with E-state index >= 15 is 0 Å². The van der Waals surface area contributed by atoms with Gasteiger partial charge in [-0.05, 0) is 5.92 Å². The van der Waals surface area contributed by atoms with Crippen molar-refractivity contribution < 1.29 is 4.79 Å². The van der Waals surface area contributed by atoms with E-state index in [0.717, 1.165) is 11.4 Å². The van der Waals surface area contributed by atoms with E-state index in [1.54, 1.807) is 17.5 Å². The summed E-state index contributed by atoms with van der Waals surface area (Å²) in [5.41, 5.74) is 0. The van der Waals surface area contributed by atoms with Crippen LogP contribution in [0.2, 0.25) is 0 Å². The third kappa shape index (κ3) is 2.64. The SMILES string of the molecule is O=C(Cc1nccs1)CC1CCCC1. The first kappa shape index (κ1) is 9.84. The zero-order chi connectivity index (χ0) is 9.80. The lowest BCUT2D eigenvalue weighted by Crippen LogP contribution is -2.07. The van der Waals surface area contributed by atoms with E-state index in [2.05, 4.69) is 4.98 Å². The normalized spacial score (nSPS) is 17.4. The third-order valence-corrected chi connectivity index (χ3v) is 3.60. The molecule has 2 rings (SSSR count). The van der Waals surface area contributed by atoms with Crippen LogP contribution in [0.1, 0.15) is 37.1 Å². The Kier molecular flexibility index (Phi) is 3.30. The van der Waals surface area contributed by atoms with Gasteiger partial charge in [-0.1, -0.05) is 25.7 Å². The Balaban J connectivity index is 1.78. The van der Waals surface area contributed by atoms with Crippen molar-refractivity contribution in [3.05, 3.63) is 16.6 Å². The summed E-state index contributed by atoms with van der Waals surface area (Å²) in [4.78, 5) is 15.8. The van der Waals surface area contributed by atoms with Crippen molar-refractivity contribution in [2.75, 3.05) is 0 Å². The number of carbonyl (C=O) groups excluding carboxylic acids is 1. The van der Waals surface area contributed by atoms with Crippen LogP contribution in [0.3, 0.4) is 0 Å². The first-order chi connectivity index (χ1) is 6.84. The molecule has 3 heteroatoms. The molecule has 0 unspecified atom stereocenters. The van der Waals surface area contributed by atoms with Gasteiger partial charge < -0.3 is 0 Å². The molecule has 1 saturated carbocycles. The number of ketones is 1. The number of nitrogens with zero attached hydrogens (tertiary/aromatic N) is 1. The largest absolute Gasteiger partial charge is 0.299 e. The van der Waals surface area contributed by atoms with E-state index in [1.165, 1.54) is 25.7 Å². The first-order valence-electron chi connectivity index (χ1n) is 5.24. The van der Waals surface area contributed by atoms with Crippen molar-refractivity contribution in [2.45, 2.75) is 38.5 Å². The average Bonchev–Trinajstić information content (AvgIpc) is 2.76. The fourth-order valence-corrected chi connectivity index (χ4v) is 2.76. The van der Waals surface area contributed by atoms with Crippen molar-refractivity contribution in [3.63, 3.8) is 0 Å². The molecule has 1 aromatic rings.